The summed E-state index contributed by atoms with van der Waals surface area (Å²) in [6.07, 6.45) is 58.2. The summed E-state index contributed by atoms with van der Waals surface area (Å²) in [4.78, 5) is 35.0. The minimum absolute atomic E-state index is 0.0544. The lowest BCUT2D eigenvalue weighted by Gasteiger charge is -2.19. The number of hydrogen-bond donors (Lipinski definition) is 2. The highest BCUT2D eigenvalue weighted by Gasteiger charge is 2.26. The van der Waals surface area contributed by atoms with Gasteiger partial charge in [-0.1, -0.05) is 224 Å². The fourth-order valence-electron chi connectivity index (χ4n) is 7.98. The molecule has 0 bridgehead atoms. The molecule has 0 aliphatic rings. The van der Waals surface area contributed by atoms with Gasteiger partial charge in [0.05, 0.1) is 13.2 Å². The van der Waals surface area contributed by atoms with Crippen molar-refractivity contribution in [2.45, 2.75) is 283 Å². The van der Waals surface area contributed by atoms with Crippen LogP contribution in [0, 0.1) is 0 Å². The van der Waals surface area contributed by atoms with Gasteiger partial charge in [0.1, 0.15) is 6.61 Å². The van der Waals surface area contributed by atoms with Crippen molar-refractivity contribution in [2.24, 2.45) is 5.73 Å². The molecular formula is C54H104NO8P. The van der Waals surface area contributed by atoms with E-state index >= 15 is 0 Å². The van der Waals surface area contributed by atoms with E-state index < -0.39 is 26.5 Å². The Bertz CT molecular complexity index is 1100. The van der Waals surface area contributed by atoms with Crippen LogP contribution in [0.25, 0.3) is 0 Å². The first kappa shape index (κ1) is 62.5. The molecular weight excluding hydrogens is 822 g/mol. The summed E-state index contributed by atoms with van der Waals surface area (Å²) in [5.41, 5.74) is 5.36. The summed E-state index contributed by atoms with van der Waals surface area (Å²) in [6, 6.07) is 0. The predicted molar refractivity (Wildman–Crippen MR) is 271 cm³/mol. The summed E-state index contributed by atoms with van der Waals surface area (Å²) >= 11 is 0. The van der Waals surface area contributed by atoms with Crippen molar-refractivity contribution in [3.05, 3.63) is 24.3 Å². The van der Waals surface area contributed by atoms with Crippen LogP contribution in [0.2, 0.25) is 0 Å². The molecule has 0 aliphatic heterocycles. The highest BCUT2D eigenvalue weighted by atomic mass is 31.2. The first-order valence-electron chi connectivity index (χ1n) is 27.3. The van der Waals surface area contributed by atoms with Crippen molar-refractivity contribution in [2.75, 3.05) is 26.4 Å². The molecule has 9 nitrogen and oxygen atoms in total. The largest absolute Gasteiger partial charge is 0.472 e. The topological polar surface area (TPSA) is 134 Å². The lowest BCUT2D eigenvalue weighted by molar-refractivity contribution is -0.161. The van der Waals surface area contributed by atoms with Crippen LogP contribution in [0.3, 0.4) is 0 Å². The summed E-state index contributed by atoms with van der Waals surface area (Å²) < 4.78 is 32.9. The third-order valence-corrected chi connectivity index (χ3v) is 13.0. The van der Waals surface area contributed by atoms with Crippen LogP contribution in [-0.4, -0.2) is 49.3 Å². The van der Waals surface area contributed by atoms with Gasteiger partial charge in [0.25, 0.3) is 0 Å². The average molecular weight is 926 g/mol. The molecule has 0 fully saturated rings. The molecule has 0 saturated heterocycles. The molecule has 2 unspecified atom stereocenters. The molecule has 64 heavy (non-hydrogen) atoms. The maximum Gasteiger partial charge on any atom is 0.472 e. The second-order valence-electron chi connectivity index (χ2n) is 18.4. The fraction of sp³-hybridized carbons (Fsp3) is 0.889. The van der Waals surface area contributed by atoms with Gasteiger partial charge in [-0.2, -0.15) is 0 Å². The number of unbranched alkanes of at least 4 members (excludes halogenated alkanes) is 35. The van der Waals surface area contributed by atoms with Crippen molar-refractivity contribution in [3.8, 4) is 0 Å². The van der Waals surface area contributed by atoms with E-state index in [1.807, 2.05) is 0 Å². The molecule has 0 aromatic rings. The number of allylic oxidation sites excluding steroid dienone is 4. The number of rotatable bonds is 52. The Kier molecular flexibility index (Phi) is 49.7. The van der Waals surface area contributed by atoms with Crippen molar-refractivity contribution in [3.63, 3.8) is 0 Å². The van der Waals surface area contributed by atoms with Gasteiger partial charge in [-0.15, -0.1) is 0 Å². The van der Waals surface area contributed by atoms with E-state index in [4.69, 9.17) is 24.3 Å². The number of phosphoric ester groups is 1. The number of carbonyl (C=O) groups is 2. The number of phosphoric acid groups is 1. The maximum atomic E-state index is 12.7. The Morgan fingerprint density at radius 3 is 1.14 bits per heavy atom. The van der Waals surface area contributed by atoms with E-state index in [2.05, 4.69) is 38.2 Å². The fourth-order valence-corrected chi connectivity index (χ4v) is 8.75. The van der Waals surface area contributed by atoms with Gasteiger partial charge in [-0.3, -0.25) is 18.6 Å². The maximum absolute atomic E-state index is 12.7. The third-order valence-electron chi connectivity index (χ3n) is 12.1. The van der Waals surface area contributed by atoms with Gasteiger partial charge >= 0.3 is 19.8 Å². The van der Waals surface area contributed by atoms with Crippen LogP contribution in [0.4, 0.5) is 0 Å². The number of esters is 2. The van der Waals surface area contributed by atoms with Gasteiger partial charge in [-0.25, -0.2) is 4.57 Å². The number of carbonyl (C=O) groups excluding carboxylic acids is 2. The van der Waals surface area contributed by atoms with Crippen LogP contribution in [-0.2, 0) is 32.7 Å². The van der Waals surface area contributed by atoms with Gasteiger partial charge < -0.3 is 20.1 Å². The third kappa shape index (κ3) is 49.9. The zero-order valence-corrected chi connectivity index (χ0v) is 42.9. The van der Waals surface area contributed by atoms with Crippen LogP contribution >= 0.6 is 7.82 Å². The molecule has 0 aliphatic carbocycles. The molecule has 0 aromatic carbocycles. The van der Waals surface area contributed by atoms with Crippen molar-refractivity contribution >= 4 is 19.8 Å². The Labute approximate surface area is 395 Å². The highest BCUT2D eigenvalue weighted by Crippen LogP contribution is 2.43. The van der Waals surface area contributed by atoms with Crippen molar-refractivity contribution in [1.82, 2.24) is 0 Å². The van der Waals surface area contributed by atoms with Crippen LogP contribution in [0.1, 0.15) is 277 Å². The molecule has 0 radical (unpaired) electrons. The minimum Gasteiger partial charge on any atom is -0.462 e. The zero-order valence-electron chi connectivity index (χ0n) is 42.0. The monoisotopic (exact) mass is 926 g/mol. The summed E-state index contributed by atoms with van der Waals surface area (Å²) in [7, 11) is -4.38. The lowest BCUT2D eigenvalue weighted by Crippen LogP contribution is -2.29. The Balaban J connectivity index is 3.84. The molecule has 3 N–H and O–H groups in total. The van der Waals surface area contributed by atoms with Gasteiger partial charge in [0.15, 0.2) is 6.10 Å². The normalized spacial score (nSPS) is 13.2. The van der Waals surface area contributed by atoms with Gasteiger partial charge in [0, 0.05) is 19.4 Å². The first-order chi connectivity index (χ1) is 31.3. The van der Waals surface area contributed by atoms with Gasteiger partial charge in [0.2, 0.25) is 0 Å². The van der Waals surface area contributed by atoms with Crippen molar-refractivity contribution < 1.29 is 37.6 Å². The molecule has 2 atom stereocenters. The second kappa shape index (κ2) is 50.9. The molecule has 0 aromatic heterocycles. The zero-order chi connectivity index (χ0) is 46.7. The lowest BCUT2D eigenvalue weighted by atomic mass is 10.0. The molecule has 10 heteroatoms. The number of ether oxygens (including phenoxy) is 2. The van der Waals surface area contributed by atoms with Crippen LogP contribution < -0.4 is 5.73 Å². The molecule has 0 rings (SSSR count). The van der Waals surface area contributed by atoms with Crippen LogP contribution in [0.15, 0.2) is 24.3 Å². The molecule has 378 valence electrons. The first-order valence-corrected chi connectivity index (χ1v) is 28.8. The summed E-state index contributed by atoms with van der Waals surface area (Å²) in [6.45, 7) is 3.74. The van der Waals surface area contributed by atoms with E-state index in [0.29, 0.717) is 6.42 Å². The van der Waals surface area contributed by atoms with Crippen molar-refractivity contribution in [1.29, 1.82) is 0 Å². The Hall–Kier alpha value is -1.51. The molecule has 0 saturated carbocycles. The highest BCUT2D eigenvalue weighted by molar-refractivity contribution is 7.47. The summed E-state index contributed by atoms with van der Waals surface area (Å²) in [5, 5.41) is 0. The standard InChI is InChI=1S/C54H104NO8P/c1-3-5-7-9-11-13-15-17-18-19-20-21-22-23-24-25-26-27-28-29-30-31-32-33-34-35-37-39-41-43-45-47-54(57)63-52(51-62-64(58,59)61-49-48-55)50-60-53(56)46-44-42-40-38-36-16-14-12-10-8-6-4-2/h12,14,19-20,52H,3-11,13,15-18,21-51,55H2,1-2H3,(H,58,59)/b14-12-,20-19-. The van der Waals surface area contributed by atoms with Crippen LogP contribution in [0.5, 0.6) is 0 Å². The molecule has 0 amide bonds. The smallest absolute Gasteiger partial charge is 0.462 e. The minimum atomic E-state index is -4.38. The number of nitrogens with two attached hydrogens (primary N) is 1. The van der Waals surface area contributed by atoms with E-state index in [0.717, 1.165) is 51.4 Å². The van der Waals surface area contributed by atoms with E-state index in [-0.39, 0.29) is 38.6 Å². The SMILES string of the molecule is CCCCC/C=C\CCCCCCCC(=O)OCC(COP(=O)(O)OCCN)OC(=O)CCCCCCCCCCCCCCCCCCCCC/C=C\CCCCCCCCCC. The Morgan fingerprint density at radius 2 is 0.766 bits per heavy atom. The Morgan fingerprint density at radius 1 is 0.453 bits per heavy atom. The van der Waals surface area contributed by atoms with Gasteiger partial charge in [-0.05, 0) is 64.2 Å². The second-order valence-corrected chi connectivity index (χ2v) is 19.9. The predicted octanol–water partition coefficient (Wildman–Crippen LogP) is 16.7. The summed E-state index contributed by atoms with van der Waals surface area (Å²) in [5.74, 6) is -0.827. The molecule has 0 spiro atoms. The van der Waals surface area contributed by atoms with E-state index in [1.54, 1.807) is 0 Å². The average Bonchev–Trinajstić information content (AvgIpc) is 3.28. The van der Waals surface area contributed by atoms with E-state index in [9.17, 15) is 19.0 Å². The molecule has 0 heterocycles. The quantitative estimate of drug-likeness (QED) is 0.0265. The number of hydrogen-bond acceptors (Lipinski definition) is 8. The van der Waals surface area contributed by atoms with E-state index in [1.165, 1.54) is 193 Å².